The van der Waals surface area contributed by atoms with Crippen LogP contribution in [0.1, 0.15) is 39.5 Å². The Labute approximate surface area is 101 Å². The van der Waals surface area contributed by atoms with Crippen molar-refractivity contribution in [3.63, 3.8) is 0 Å². The first-order chi connectivity index (χ1) is 7.22. The van der Waals surface area contributed by atoms with E-state index in [1.807, 2.05) is 30.4 Å². The SMILES string of the molecule is CCCC1(CC(=O)OCC)SCCCS1. The van der Waals surface area contributed by atoms with Crippen LogP contribution < -0.4 is 0 Å². The van der Waals surface area contributed by atoms with Crippen LogP contribution in [0.3, 0.4) is 0 Å². The van der Waals surface area contributed by atoms with Crippen molar-refractivity contribution in [2.75, 3.05) is 18.1 Å². The first-order valence-corrected chi connectivity index (χ1v) is 7.63. The molecular formula is C11H20O2S2. The van der Waals surface area contributed by atoms with Crippen molar-refractivity contribution in [2.45, 2.75) is 43.6 Å². The fraction of sp³-hybridized carbons (Fsp3) is 0.909. The van der Waals surface area contributed by atoms with Crippen molar-refractivity contribution in [1.29, 1.82) is 0 Å². The van der Waals surface area contributed by atoms with Gasteiger partial charge in [-0.05, 0) is 31.3 Å². The molecule has 1 heterocycles. The maximum Gasteiger partial charge on any atom is 0.308 e. The molecule has 0 radical (unpaired) electrons. The highest BCUT2D eigenvalue weighted by Crippen LogP contribution is 2.48. The van der Waals surface area contributed by atoms with Gasteiger partial charge in [0, 0.05) is 0 Å². The summed E-state index contributed by atoms with van der Waals surface area (Å²) in [6.45, 7) is 4.55. The second kappa shape index (κ2) is 6.69. The molecule has 0 amide bonds. The maximum absolute atomic E-state index is 11.5. The monoisotopic (exact) mass is 248 g/mol. The van der Waals surface area contributed by atoms with Gasteiger partial charge < -0.3 is 4.74 Å². The van der Waals surface area contributed by atoms with E-state index < -0.39 is 0 Å². The quantitative estimate of drug-likeness (QED) is 0.697. The van der Waals surface area contributed by atoms with Gasteiger partial charge in [-0.1, -0.05) is 13.3 Å². The van der Waals surface area contributed by atoms with Crippen LogP contribution in [-0.4, -0.2) is 28.2 Å². The fourth-order valence-electron chi connectivity index (χ4n) is 1.76. The highest BCUT2D eigenvalue weighted by Gasteiger charge is 2.35. The van der Waals surface area contributed by atoms with Crippen molar-refractivity contribution in [1.82, 2.24) is 0 Å². The third-order valence-corrected chi connectivity index (χ3v) is 5.81. The van der Waals surface area contributed by atoms with E-state index in [4.69, 9.17) is 4.74 Å². The molecule has 88 valence electrons. The second-order valence-corrected chi connectivity index (χ2v) is 6.91. The third-order valence-electron chi connectivity index (χ3n) is 2.37. The number of hydrogen-bond donors (Lipinski definition) is 0. The Hall–Kier alpha value is 0.170. The Morgan fingerprint density at radius 1 is 1.33 bits per heavy atom. The van der Waals surface area contributed by atoms with Crippen LogP contribution in [0.4, 0.5) is 0 Å². The van der Waals surface area contributed by atoms with Gasteiger partial charge >= 0.3 is 5.97 Å². The van der Waals surface area contributed by atoms with Crippen LogP contribution in [0.5, 0.6) is 0 Å². The Bertz CT molecular complexity index is 195. The third kappa shape index (κ3) is 4.27. The molecule has 1 aliphatic rings. The molecule has 0 atom stereocenters. The molecule has 0 saturated carbocycles. The topological polar surface area (TPSA) is 26.3 Å². The molecule has 0 aromatic heterocycles. The van der Waals surface area contributed by atoms with Gasteiger partial charge in [0.25, 0.3) is 0 Å². The summed E-state index contributed by atoms with van der Waals surface area (Å²) < 4.78 is 5.16. The normalized spacial score (nSPS) is 19.9. The predicted molar refractivity (Wildman–Crippen MR) is 68.4 cm³/mol. The van der Waals surface area contributed by atoms with Crippen molar-refractivity contribution >= 4 is 29.5 Å². The molecule has 0 bridgehead atoms. The van der Waals surface area contributed by atoms with Gasteiger partial charge in [0.15, 0.2) is 0 Å². The minimum atomic E-state index is -0.0344. The first-order valence-electron chi connectivity index (χ1n) is 5.66. The van der Waals surface area contributed by atoms with Gasteiger partial charge in [0.2, 0.25) is 0 Å². The Kier molecular flexibility index (Phi) is 5.90. The van der Waals surface area contributed by atoms with E-state index in [2.05, 4.69) is 6.92 Å². The summed E-state index contributed by atoms with van der Waals surface area (Å²) in [5, 5.41) is 0. The van der Waals surface area contributed by atoms with E-state index in [9.17, 15) is 4.79 Å². The van der Waals surface area contributed by atoms with Gasteiger partial charge in [0.1, 0.15) is 0 Å². The molecular weight excluding hydrogens is 228 g/mol. The van der Waals surface area contributed by atoms with Crippen LogP contribution in [-0.2, 0) is 9.53 Å². The summed E-state index contributed by atoms with van der Waals surface area (Å²) in [5.74, 6) is 2.34. The van der Waals surface area contributed by atoms with Gasteiger partial charge in [-0.2, -0.15) is 0 Å². The largest absolute Gasteiger partial charge is 0.466 e. The summed E-state index contributed by atoms with van der Waals surface area (Å²) in [6.07, 6.45) is 4.09. The summed E-state index contributed by atoms with van der Waals surface area (Å²) in [7, 11) is 0. The van der Waals surface area contributed by atoms with E-state index in [0.717, 1.165) is 12.8 Å². The lowest BCUT2D eigenvalue weighted by Gasteiger charge is -2.35. The van der Waals surface area contributed by atoms with Crippen molar-refractivity contribution < 1.29 is 9.53 Å². The highest BCUT2D eigenvalue weighted by molar-refractivity contribution is 8.18. The van der Waals surface area contributed by atoms with Gasteiger partial charge in [0.05, 0.1) is 17.1 Å². The zero-order valence-corrected chi connectivity index (χ0v) is 11.2. The van der Waals surface area contributed by atoms with Crippen molar-refractivity contribution in [3.05, 3.63) is 0 Å². The van der Waals surface area contributed by atoms with E-state index in [1.165, 1.54) is 17.9 Å². The molecule has 1 fully saturated rings. The lowest BCUT2D eigenvalue weighted by atomic mass is 10.2. The zero-order valence-electron chi connectivity index (χ0n) is 9.58. The molecule has 2 nitrogen and oxygen atoms in total. The number of ether oxygens (including phenoxy) is 1. The smallest absolute Gasteiger partial charge is 0.308 e. The summed E-state index contributed by atoms with van der Waals surface area (Å²) in [4.78, 5) is 11.5. The van der Waals surface area contributed by atoms with E-state index in [-0.39, 0.29) is 10.0 Å². The van der Waals surface area contributed by atoms with Crippen molar-refractivity contribution in [2.24, 2.45) is 0 Å². The molecule has 15 heavy (non-hydrogen) atoms. The minimum Gasteiger partial charge on any atom is -0.466 e. The van der Waals surface area contributed by atoms with Crippen molar-refractivity contribution in [3.8, 4) is 0 Å². The molecule has 1 rings (SSSR count). The number of hydrogen-bond acceptors (Lipinski definition) is 4. The standard InChI is InChI=1S/C11H20O2S2/c1-3-6-11(9-10(12)13-4-2)14-7-5-8-15-11/h3-9H2,1-2H3. The zero-order chi connectivity index (χ0) is 11.1. The number of carbonyl (C=O) groups excluding carboxylic acids is 1. The summed E-state index contributed by atoms with van der Waals surface area (Å²) >= 11 is 3.90. The van der Waals surface area contributed by atoms with Crippen LogP contribution in [0.2, 0.25) is 0 Å². The molecule has 0 N–H and O–H groups in total. The summed E-state index contributed by atoms with van der Waals surface area (Å²) in [6, 6.07) is 0. The average Bonchev–Trinajstić information content (AvgIpc) is 2.19. The maximum atomic E-state index is 11.5. The molecule has 0 unspecified atom stereocenters. The predicted octanol–water partition coefficient (Wildman–Crippen LogP) is 3.31. The number of carbonyl (C=O) groups is 1. The molecule has 0 spiro atoms. The molecule has 0 aliphatic carbocycles. The van der Waals surface area contributed by atoms with Crippen LogP contribution >= 0.6 is 23.5 Å². The average molecular weight is 248 g/mol. The van der Waals surface area contributed by atoms with Gasteiger partial charge in [-0.25, -0.2) is 0 Å². The lowest BCUT2D eigenvalue weighted by Crippen LogP contribution is -2.29. The fourth-order valence-corrected chi connectivity index (χ4v) is 5.24. The highest BCUT2D eigenvalue weighted by atomic mass is 32.2. The first kappa shape index (κ1) is 13.2. The van der Waals surface area contributed by atoms with E-state index in [0.29, 0.717) is 13.0 Å². The van der Waals surface area contributed by atoms with Crippen LogP contribution in [0.25, 0.3) is 0 Å². The molecule has 1 aliphatic heterocycles. The number of rotatable bonds is 5. The van der Waals surface area contributed by atoms with Crippen LogP contribution in [0.15, 0.2) is 0 Å². The van der Waals surface area contributed by atoms with E-state index >= 15 is 0 Å². The van der Waals surface area contributed by atoms with E-state index in [1.54, 1.807) is 0 Å². The second-order valence-electron chi connectivity index (χ2n) is 3.69. The minimum absolute atomic E-state index is 0.0344. The lowest BCUT2D eigenvalue weighted by molar-refractivity contribution is -0.143. The van der Waals surface area contributed by atoms with Gasteiger partial charge in [-0.15, -0.1) is 23.5 Å². The molecule has 4 heteroatoms. The molecule has 0 aromatic carbocycles. The summed E-state index contributed by atoms with van der Waals surface area (Å²) in [5.41, 5.74) is 0. The Balaban J connectivity index is 2.51. The van der Waals surface area contributed by atoms with Gasteiger partial charge in [-0.3, -0.25) is 4.79 Å². The molecule has 0 aromatic rings. The molecule has 1 saturated heterocycles. The van der Waals surface area contributed by atoms with Crippen LogP contribution in [0, 0.1) is 0 Å². The number of esters is 1. The Morgan fingerprint density at radius 2 is 2.00 bits per heavy atom. The number of thioether (sulfide) groups is 2. The Morgan fingerprint density at radius 3 is 2.53 bits per heavy atom.